The van der Waals surface area contributed by atoms with Crippen LogP contribution in [0.4, 0.5) is 4.79 Å². The Morgan fingerprint density at radius 1 is 0.972 bits per heavy atom. The molecule has 182 valence electrons. The van der Waals surface area contributed by atoms with Crippen LogP contribution < -0.4 is 11.3 Å². The molecule has 3 aromatic carbocycles. The number of urea groups is 1. The highest BCUT2D eigenvalue weighted by Gasteiger charge is 2.24. The summed E-state index contributed by atoms with van der Waals surface area (Å²) in [4.78, 5) is 51.2. The molecule has 1 aromatic heterocycles. The van der Waals surface area contributed by atoms with Crippen molar-refractivity contribution in [1.82, 2.24) is 9.47 Å². The Kier molecular flexibility index (Phi) is 7.03. The lowest BCUT2D eigenvalue weighted by molar-refractivity contribution is 0.0588. The van der Waals surface area contributed by atoms with E-state index in [2.05, 4.69) is 15.9 Å². The fraction of sp³-hybridized carbons (Fsp3) is 0.111. The summed E-state index contributed by atoms with van der Waals surface area (Å²) < 4.78 is 7.26. The maximum atomic E-state index is 13.6. The van der Waals surface area contributed by atoms with E-state index in [1.807, 2.05) is 36.4 Å². The largest absolute Gasteiger partial charge is 0.464 e. The quantitative estimate of drug-likeness (QED) is 0.372. The van der Waals surface area contributed by atoms with Crippen molar-refractivity contribution in [3.63, 3.8) is 0 Å². The second-order valence-electron chi connectivity index (χ2n) is 8.06. The lowest BCUT2D eigenvalue weighted by atomic mass is 9.96. The van der Waals surface area contributed by atoms with Crippen LogP contribution >= 0.6 is 15.9 Å². The molecule has 0 spiro atoms. The number of pyridine rings is 1. The summed E-state index contributed by atoms with van der Waals surface area (Å²) in [6.07, 6.45) is 0. The Morgan fingerprint density at radius 2 is 1.64 bits per heavy atom. The number of imide groups is 1. The molecule has 0 radical (unpaired) electrons. The van der Waals surface area contributed by atoms with Crippen molar-refractivity contribution in [2.45, 2.75) is 6.54 Å². The molecule has 0 aliphatic heterocycles. The first-order valence-corrected chi connectivity index (χ1v) is 11.7. The number of esters is 1. The number of nitrogens with zero attached hydrogens (tertiary/aromatic N) is 2. The minimum atomic E-state index is -0.866. The van der Waals surface area contributed by atoms with Gasteiger partial charge in [-0.15, -0.1) is 0 Å². The van der Waals surface area contributed by atoms with E-state index in [0.717, 1.165) is 14.9 Å². The molecule has 36 heavy (non-hydrogen) atoms. The van der Waals surface area contributed by atoms with Gasteiger partial charge in [-0.2, -0.15) is 0 Å². The van der Waals surface area contributed by atoms with Crippen molar-refractivity contribution in [1.29, 1.82) is 0 Å². The third-order valence-corrected chi connectivity index (χ3v) is 6.34. The summed E-state index contributed by atoms with van der Waals surface area (Å²) in [7, 11) is 2.56. The molecular weight excluding hydrogens is 526 g/mol. The molecule has 4 rings (SSSR count). The van der Waals surface area contributed by atoms with Crippen LogP contribution in [-0.2, 0) is 11.3 Å². The monoisotopic (exact) mass is 547 g/mol. The van der Waals surface area contributed by atoms with E-state index in [4.69, 9.17) is 10.5 Å². The molecule has 0 aliphatic carbocycles. The van der Waals surface area contributed by atoms with E-state index in [1.165, 1.54) is 30.9 Å². The van der Waals surface area contributed by atoms with Gasteiger partial charge >= 0.3 is 12.0 Å². The predicted molar refractivity (Wildman–Crippen MR) is 140 cm³/mol. The summed E-state index contributed by atoms with van der Waals surface area (Å²) in [5.74, 6) is -1.20. The van der Waals surface area contributed by atoms with Crippen LogP contribution in [-0.4, -0.2) is 41.5 Å². The number of carbonyl (C=O) groups excluding carboxylic acids is 3. The average Bonchev–Trinajstić information content (AvgIpc) is 2.89. The van der Waals surface area contributed by atoms with Crippen molar-refractivity contribution in [2.75, 3.05) is 14.2 Å². The van der Waals surface area contributed by atoms with Crippen LogP contribution in [0.15, 0.2) is 82.1 Å². The maximum Gasteiger partial charge on any atom is 0.355 e. The zero-order chi connectivity index (χ0) is 26.0. The van der Waals surface area contributed by atoms with E-state index in [-0.39, 0.29) is 23.4 Å². The zero-order valence-corrected chi connectivity index (χ0v) is 21.1. The molecule has 9 heteroatoms. The van der Waals surface area contributed by atoms with Gasteiger partial charge in [0.2, 0.25) is 0 Å². The molecule has 2 N–H and O–H groups in total. The van der Waals surface area contributed by atoms with Gasteiger partial charge in [-0.25, -0.2) is 9.59 Å². The van der Waals surface area contributed by atoms with Crippen molar-refractivity contribution in [2.24, 2.45) is 5.73 Å². The smallest absolute Gasteiger partial charge is 0.355 e. The van der Waals surface area contributed by atoms with E-state index in [0.29, 0.717) is 21.9 Å². The summed E-state index contributed by atoms with van der Waals surface area (Å²) in [6, 6.07) is 20.1. The summed E-state index contributed by atoms with van der Waals surface area (Å²) in [5.41, 5.74) is 7.20. The number of hydrogen-bond donors (Lipinski definition) is 1. The van der Waals surface area contributed by atoms with E-state index in [9.17, 15) is 19.2 Å². The maximum absolute atomic E-state index is 13.6. The molecule has 0 fully saturated rings. The van der Waals surface area contributed by atoms with Crippen LogP contribution in [0.1, 0.15) is 26.4 Å². The van der Waals surface area contributed by atoms with Gasteiger partial charge in [0, 0.05) is 28.0 Å². The molecule has 1 heterocycles. The Morgan fingerprint density at radius 3 is 2.25 bits per heavy atom. The molecule has 0 bridgehead atoms. The first-order chi connectivity index (χ1) is 17.2. The number of methoxy groups -OCH3 is 1. The predicted octanol–water partition coefficient (Wildman–Crippen LogP) is 4.42. The van der Waals surface area contributed by atoms with Crippen molar-refractivity contribution in [3.8, 4) is 11.1 Å². The van der Waals surface area contributed by atoms with Crippen molar-refractivity contribution in [3.05, 3.63) is 104 Å². The van der Waals surface area contributed by atoms with Gasteiger partial charge in [-0.1, -0.05) is 58.4 Å². The lowest BCUT2D eigenvalue weighted by Gasteiger charge is -2.19. The molecule has 4 aromatic rings. The standard InChI is InChI=1S/C27H22BrN3O5/c1-30(27(29)35)24(32)18-10-8-16(9-11-18)15-31-23(26(34)36-2)22(17-6-4-3-5-7-17)21-14-19(28)12-13-20(21)25(31)33/h3-14H,15H2,1-2H3,(H2,29,35). The van der Waals surface area contributed by atoms with Crippen LogP contribution in [0, 0.1) is 0 Å². The first kappa shape index (κ1) is 24.9. The van der Waals surface area contributed by atoms with Crippen LogP contribution in [0.25, 0.3) is 21.9 Å². The van der Waals surface area contributed by atoms with Gasteiger partial charge in [0.1, 0.15) is 5.69 Å². The molecule has 0 saturated heterocycles. The third kappa shape index (κ3) is 4.65. The van der Waals surface area contributed by atoms with Crippen LogP contribution in [0.5, 0.6) is 0 Å². The van der Waals surface area contributed by atoms with E-state index >= 15 is 0 Å². The fourth-order valence-electron chi connectivity index (χ4n) is 4.01. The Labute approximate surface area is 215 Å². The second kappa shape index (κ2) is 10.2. The number of carbonyl (C=O) groups is 3. The normalized spacial score (nSPS) is 10.8. The van der Waals surface area contributed by atoms with Gasteiger partial charge in [-0.3, -0.25) is 19.1 Å². The lowest BCUT2D eigenvalue weighted by Crippen LogP contribution is -2.37. The fourth-order valence-corrected chi connectivity index (χ4v) is 4.37. The molecule has 0 atom stereocenters. The highest BCUT2D eigenvalue weighted by Crippen LogP contribution is 2.33. The number of halogens is 1. The molecule has 0 aliphatic rings. The molecule has 0 saturated carbocycles. The van der Waals surface area contributed by atoms with Crippen LogP contribution in [0.2, 0.25) is 0 Å². The van der Waals surface area contributed by atoms with Crippen molar-refractivity contribution >= 4 is 44.6 Å². The van der Waals surface area contributed by atoms with Gasteiger partial charge < -0.3 is 10.5 Å². The Bertz CT molecular complexity index is 1550. The third-order valence-electron chi connectivity index (χ3n) is 5.85. The second-order valence-corrected chi connectivity index (χ2v) is 8.98. The topological polar surface area (TPSA) is 112 Å². The van der Waals surface area contributed by atoms with Crippen molar-refractivity contribution < 1.29 is 19.1 Å². The van der Waals surface area contributed by atoms with Gasteiger partial charge in [0.05, 0.1) is 13.7 Å². The average molecular weight is 548 g/mol. The zero-order valence-electron chi connectivity index (χ0n) is 19.5. The minimum Gasteiger partial charge on any atom is -0.464 e. The number of amides is 3. The number of rotatable bonds is 5. The number of primary amides is 1. The summed E-state index contributed by atoms with van der Waals surface area (Å²) in [6.45, 7) is 0.0508. The van der Waals surface area contributed by atoms with Gasteiger partial charge in [-0.05, 0) is 46.8 Å². The number of hydrogen-bond acceptors (Lipinski definition) is 5. The number of nitrogens with two attached hydrogens (primary N) is 1. The van der Waals surface area contributed by atoms with Gasteiger partial charge in [0.15, 0.2) is 0 Å². The highest BCUT2D eigenvalue weighted by molar-refractivity contribution is 9.10. The van der Waals surface area contributed by atoms with Gasteiger partial charge in [0.25, 0.3) is 11.5 Å². The Hall–Kier alpha value is -4.24. The number of ether oxygens (including phenoxy) is 1. The number of benzene rings is 3. The Balaban J connectivity index is 1.92. The number of fused-ring (bicyclic) bond motifs is 1. The molecule has 3 amide bonds. The van der Waals surface area contributed by atoms with E-state index in [1.54, 1.807) is 24.3 Å². The molecule has 8 nitrogen and oxygen atoms in total. The summed E-state index contributed by atoms with van der Waals surface area (Å²) >= 11 is 3.47. The highest BCUT2D eigenvalue weighted by atomic mass is 79.9. The van der Waals surface area contributed by atoms with E-state index < -0.39 is 17.9 Å². The summed E-state index contributed by atoms with van der Waals surface area (Å²) in [5, 5.41) is 1.06. The first-order valence-electron chi connectivity index (χ1n) is 10.9. The number of aromatic nitrogens is 1. The molecule has 0 unspecified atom stereocenters. The van der Waals surface area contributed by atoms with Crippen LogP contribution in [0.3, 0.4) is 0 Å². The SMILES string of the molecule is COC(=O)c1c(-c2ccccc2)c2cc(Br)ccc2c(=O)n1Cc1ccc(C(=O)N(C)C(N)=O)cc1. The minimum absolute atomic E-state index is 0.0508. The molecular formula is C27H22BrN3O5.